The number of carbonyl (C=O) groups is 1. The third kappa shape index (κ3) is 2.15. The Morgan fingerprint density at radius 1 is 1.15 bits per heavy atom. The first-order chi connectivity index (χ1) is 9.45. The maximum absolute atomic E-state index is 12.6. The van der Waals surface area contributed by atoms with Crippen LogP contribution in [0.2, 0.25) is 0 Å². The van der Waals surface area contributed by atoms with Gasteiger partial charge >= 0.3 is 6.18 Å². The van der Waals surface area contributed by atoms with Gasteiger partial charge in [0.25, 0.3) is 0 Å². The maximum Gasteiger partial charge on any atom is 0.416 e. The van der Waals surface area contributed by atoms with Crippen molar-refractivity contribution in [1.29, 1.82) is 0 Å². The smallest absolute Gasteiger partial charge is 0.340 e. The molecule has 2 heterocycles. The molecule has 0 unspecified atom stereocenters. The average Bonchev–Trinajstić information content (AvgIpc) is 2.94. The van der Waals surface area contributed by atoms with Gasteiger partial charge in [0, 0.05) is 11.8 Å². The minimum Gasteiger partial charge on any atom is -0.340 e. The molecule has 0 N–H and O–H groups in total. The Morgan fingerprint density at radius 2 is 1.95 bits per heavy atom. The van der Waals surface area contributed by atoms with Crippen molar-refractivity contribution in [2.24, 2.45) is 0 Å². The lowest BCUT2D eigenvalue weighted by molar-refractivity contribution is -0.137. The lowest BCUT2D eigenvalue weighted by Gasteiger charge is -2.07. The van der Waals surface area contributed by atoms with Crippen LogP contribution in [0.4, 0.5) is 13.2 Å². The van der Waals surface area contributed by atoms with Crippen molar-refractivity contribution in [2.75, 3.05) is 0 Å². The van der Waals surface area contributed by atoms with Crippen molar-refractivity contribution in [3.8, 4) is 0 Å². The monoisotopic (exact) mass is 277 g/mol. The highest BCUT2D eigenvalue weighted by Gasteiger charge is 2.30. The summed E-state index contributed by atoms with van der Waals surface area (Å²) in [7, 11) is 0. The molecule has 102 valence electrons. The third-order valence-corrected chi connectivity index (χ3v) is 3.25. The van der Waals surface area contributed by atoms with Crippen molar-refractivity contribution >= 4 is 11.9 Å². The predicted molar refractivity (Wildman–Crippen MR) is 68.2 cm³/mol. The summed E-state index contributed by atoms with van der Waals surface area (Å²) in [5, 5.41) is 0. The van der Waals surface area contributed by atoms with Crippen LogP contribution in [0.1, 0.15) is 21.6 Å². The average molecular weight is 277 g/mol. The number of nitrogens with zero attached hydrogens (tertiary/aromatic N) is 1. The van der Waals surface area contributed by atoms with Crippen LogP contribution in [0.15, 0.2) is 48.2 Å². The summed E-state index contributed by atoms with van der Waals surface area (Å²) in [4.78, 5) is 12.0. The lowest BCUT2D eigenvalue weighted by Crippen LogP contribution is -2.04. The fraction of sp³-hybridized carbons (Fsp3) is 0.133. The Morgan fingerprint density at radius 3 is 2.65 bits per heavy atom. The number of rotatable bonds is 1. The van der Waals surface area contributed by atoms with Gasteiger partial charge in [-0.3, -0.25) is 4.79 Å². The number of halogens is 3. The molecule has 0 atom stereocenters. The number of fused-ring (bicyclic) bond motifs is 1. The van der Waals surface area contributed by atoms with Gasteiger partial charge < -0.3 is 4.57 Å². The van der Waals surface area contributed by atoms with E-state index >= 15 is 0 Å². The molecular weight excluding hydrogens is 267 g/mol. The van der Waals surface area contributed by atoms with Gasteiger partial charge in [0.1, 0.15) is 0 Å². The van der Waals surface area contributed by atoms with Gasteiger partial charge in [0.15, 0.2) is 0 Å². The zero-order valence-electron chi connectivity index (χ0n) is 10.3. The second-order valence-electron chi connectivity index (χ2n) is 4.64. The highest BCUT2D eigenvalue weighted by molar-refractivity contribution is 6.12. The van der Waals surface area contributed by atoms with Gasteiger partial charge in [-0.25, -0.2) is 0 Å². The summed E-state index contributed by atoms with van der Waals surface area (Å²) in [6.07, 6.45) is -1.08. The fourth-order valence-electron chi connectivity index (χ4n) is 2.30. The normalized spacial score (nSPS) is 16.8. The number of benzene rings is 1. The molecule has 20 heavy (non-hydrogen) atoms. The number of Topliss-reactive ketones (excluding diaryl/α,β-unsaturated/α-hetero) is 1. The van der Waals surface area contributed by atoms with E-state index in [2.05, 4.69) is 0 Å². The Kier molecular flexibility index (Phi) is 2.78. The number of carbonyl (C=O) groups excluding carboxylic acids is 1. The molecule has 1 aliphatic heterocycles. The Labute approximate surface area is 113 Å². The van der Waals surface area contributed by atoms with Crippen LogP contribution in [-0.2, 0) is 12.7 Å². The number of hydrogen-bond donors (Lipinski definition) is 0. The molecule has 0 spiro atoms. The number of aromatic nitrogens is 1. The molecule has 1 aromatic heterocycles. The second-order valence-corrected chi connectivity index (χ2v) is 4.64. The molecule has 0 amide bonds. The molecule has 0 fully saturated rings. The van der Waals surface area contributed by atoms with Crippen molar-refractivity contribution in [1.82, 2.24) is 4.57 Å². The molecule has 0 aliphatic carbocycles. The highest BCUT2D eigenvalue weighted by Crippen LogP contribution is 2.30. The molecule has 3 rings (SSSR count). The first-order valence-corrected chi connectivity index (χ1v) is 6.03. The topological polar surface area (TPSA) is 22.0 Å². The van der Waals surface area contributed by atoms with E-state index in [1.807, 2.05) is 0 Å². The Balaban J connectivity index is 1.94. The SMILES string of the molecule is O=C1/C(=C/c2cccc(C(F)(F)F)c2)Cn2cccc21. The molecule has 0 saturated carbocycles. The van der Waals surface area contributed by atoms with Crippen LogP contribution in [-0.4, -0.2) is 10.4 Å². The van der Waals surface area contributed by atoms with Crippen molar-refractivity contribution in [2.45, 2.75) is 12.7 Å². The van der Waals surface area contributed by atoms with Crippen LogP contribution < -0.4 is 0 Å². The van der Waals surface area contributed by atoms with Gasteiger partial charge in [-0.1, -0.05) is 12.1 Å². The summed E-state index contributed by atoms with van der Waals surface area (Å²) >= 11 is 0. The van der Waals surface area contributed by atoms with Crippen molar-refractivity contribution in [3.63, 3.8) is 0 Å². The summed E-state index contributed by atoms with van der Waals surface area (Å²) in [5.41, 5.74) is 0.744. The van der Waals surface area contributed by atoms with Crippen LogP contribution in [0, 0.1) is 0 Å². The largest absolute Gasteiger partial charge is 0.416 e. The van der Waals surface area contributed by atoms with E-state index in [0.717, 1.165) is 12.1 Å². The van der Waals surface area contributed by atoms with E-state index in [4.69, 9.17) is 0 Å². The Hall–Kier alpha value is -2.30. The molecule has 0 saturated heterocycles. The fourth-order valence-corrected chi connectivity index (χ4v) is 2.30. The molecule has 0 bridgehead atoms. The molecule has 2 aromatic rings. The molecule has 5 heteroatoms. The van der Waals surface area contributed by atoms with E-state index in [1.165, 1.54) is 12.1 Å². The summed E-state index contributed by atoms with van der Waals surface area (Å²) in [6, 6.07) is 8.44. The predicted octanol–water partition coefficient (Wildman–Crippen LogP) is 3.79. The van der Waals surface area contributed by atoms with Crippen molar-refractivity contribution in [3.05, 3.63) is 65.0 Å². The standard InChI is InChI=1S/C15H10F3NO/c16-15(17,18)12-4-1-3-10(8-12)7-11-9-19-6-2-5-13(19)14(11)20/h1-8H,9H2/b11-7+. The van der Waals surface area contributed by atoms with Crippen LogP contribution >= 0.6 is 0 Å². The third-order valence-electron chi connectivity index (χ3n) is 3.25. The molecule has 1 aliphatic rings. The molecule has 1 aromatic carbocycles. The zero-order chi connectivity index (χ0) is 14.3. The minimum atomic E-state index is -4.38. The molecule has 2 nitrogen and oxygen atoms in total. The summed E-state index contributed by atoms with van der Waals surface area (Å²) in [5.74, 6) is -0.132. The van der Waals surface area contributed by atoms with E-state index in [1.54, 1.807) is 29.0 Å². The lowest BCUT2D eigenvalue weighted by atomic mass is 10.1. The summed E-state index contributed by atoms with van der Waals surface area (Å²) in [6.45, 7) is 0.400. The Bertz CT molecular complexity index is 710. The number of allylic oxidation sites excluding steroid dienone is 1. The first kappa shape index (κ1) is 12.7. The van der Waals surface area contributed by atoms with Crippen LogP contribution in [0.3, 0.4) is 0 Å². The van der Waals surface area contributed by atoms with Crippen LogP contribution in [0.5, 0.6) is 0 Å². The van der Waals surface area contributed by atoms with E-state index in [0.29, 0.717) is 23.4 Å². The summed E-state index contributed by atoms with van der Waals surface area (Å²) < 4.78 is 39.7. The van der Waals surface area contributed by atoms with Crippen LogP contribution in [0.25, 0.3) is 6.08 Å². The van der Waals surface area contributed by atoms with Crippen molar-refractivity contribution < 1.29 is 18.0 Å². The maximum atomic E-state index is 12.6. The highest BCUT2D eigenvalue weighted by atomic mass is 19.4. The molecular formula is C15H10F3NO. The van der Waals surface area contributed by atoms with Gasteiger partial charge in [-0.05, 0) is 35.9 Å². The van der Waals surface area contributed by atoms with Gasteiger partial charge in [-0.2, -0.15) is 13.2 Å². The van der Waals surface area contributed by atoms with E-state index < -0.39 is 11.7 Å². The number of hydrogen-bond acceptors (Lipinski definition) is 1. The zero-order valence-corrected chi connectivity index (χ0v) is 10.3. The van der Waals surface area contributed by atoms with Gasteiger partial charge in [-0.15, -0.1) is 0 Å². The quantitative estimate of drug-likeness (QED) is 0.727. The first-order valence-electron chi connectivity index (χ1n) is 6.03. The number of ketones is 1. The van der Waals surface area contributed by atoms with E-state index in [-0.39, 0.29) is 5.78 Å². The number of alkyl halides is 3. The minimum absolute atomic E-state index is 0.132. The molecule has 0 radical (unpaired) electrons. The van der Waals surface area contributed by atoms with Gasteiger partial charge in [0.05, 0.1) is 17.8 Å². The van der Waals surface area contributed by atoms with E-state index in [9.17, 15) is 18.0 Å². The second kappa shape index (κ2) is 4.37. The van der Waals surface area contributed by atoms with Gasteiger partial charge in [0.2, 0.25) is 5.78 Å².